The molecule has 2 aromatic heterocycles. The summed E-state index contributed by atoms with van der Waals surface area (Å²) in [7, 11) is 0. The number of pyridine rings is 1. The monoisotopic (exact) mass is 253 g/mol. The lowest BCUT2D eigenvalue weighted by molar-refractivity contribution is 0.101. The largest absolute Gasteiger partial charge is 0.364 e. The Morgan fingerprint density at radius 1 is 1.26 bits per heavy atom. The lowest BCUT2D eigenvalue weighted by Gasteiger charge is -2.06. The maximum atomic E-state index is 12.1. The van der Waals surface area contributed by atoms with Crippen LogP contribution in [0, 0.1) is 6.92 Å². The van der Waals surface area contributed by atoms with Crippen LogP contribution >= 0.6 is 0 Å². The summed E-state index contributed by atoms with van der Waals surface area (Å²) in [6.07, 6.45) is 3.13. The number of benzene rings is 1. The predicted octanol–water partition coefficient (Wildman–Crippen LogP) is 2.78. The number of aromatic nitrogens is 2. The molecule has 5 nitrogen and oxygen atoms in total. The fourth-order valence-electron chi connectivity index (χ4n) is 1.89. The van der Waals surface area contributed by atoms with E-state index in [1.165, 1.54) is 6.26 Å². The second-order valence-electron chi connectivity index (χ2n) is 4.18. The van der Waals surface area contributed by atoms with Crippen LogP contribution in [0.3, 0.4) is 0 Å². The van der Waals surface area contributed by atoms with Crippen molar-refractivity contribution < 1.29 is 9.32 Å². The van der Waals surface area contributed by atoms with Crippen LogP contribution in [0.25, 0.3) is 10.9 Å². The third-order valence-corrected chi connectivity index (χ3v) is 2.84. The van der Waals surface area contributed by atoms with Crippen molar-refractivity contribution in [2.75, 3.05) is 5.32 Å². The Hall–Kier alpha value is -2.69. The van der Waals surface area contributed by atoms with E-state index in [9.17, 15) is 4.79 Å². The average molecular weight is 253 g/mol. The number of amides is 1. The molecule has 5 heteroatoms. The van der Waals surface area contributed by atoms with E-state index in [0.717, 1.165) is 10.9 Å². The molecule has 1 N–H and O–H groups in total. The molecule has 0 unspecified atom stereocenters. The minimum atomic E-state index is -0.301. The number of nitrogens with one attached hydrogen (secondary N) is 1. The molecule has 0 atom stereocenters. The Labute approximate surface area is 109 Å². The third kappa shape index (κ3) is 2.06. The van der Waals surface area contributed by atoms with E-state index in [-0.39, 0.29) is 11.6 Å². The van der Waals surface area contributed by atoms with Crippen molar-refractivity contribution in [1.29, 1.82) is 0 Å². The topological polar surface area (TPSA) is 68.0 Å². The minimum Gasteiger partial charge on any atom is -0.364 e. The predicted molar refractivity (Wildman–Crippen MR) is 70.9 cm³/mol. The number of para-hydroxylation sites is 1. The van der Waals surface area contributed by atoms with Gasteiger partial charge in [-0.1, -0.05) is 23.4 Å². The molecule has 0 aliphatic heterocycles. The first-order valence-corrected chi connectivity index (χ1v) is 5.82. The highest BCUT2D eigenvalue weighted by molar-refractivity contribution is 6.07. The maximum absolute atomic E-state index is 12.1. The summed E-state index contributed by atoms with van der Waals surface area (Å²) in [5, 5.41) is 7.46. The zero-order valence-corrected chi connectivity index (χ0v) is 10.3. The fourth-order valence-corrected chi connectivity index (χ4v) is 1.89. The highest BCUT2D eigenvalue weighted by Crippen LogP contribution is 2.21. The van der Waals surface area contributed by atoms with Crippen LogP contribution in [-0.2, 0) is 0 Å². The van der Waals surface area contributed by atoms with E-state index in [1.54, 1.807) is 13.1 Å². The van der Waals surface area contributed by atoms with Gasteiger partial charge in [0, 0.05) is 17.1 Å². The number of carbonyl (C=O) groups is 1. The molecule has 0 aliphatic rings. The van der Waals surface area contributed by atoms with Gasteiger partial charge in [0.25, 0.3) is 5.91 Å². The Morgan fingerprint density at radius 3 is 2.89 bits per heavy atom. The summed E-state index contributed by atoms with van der Waals surface area (Å²) >= 11 is 0. The van der Waals surface area contributed by atoms with Gasteiger partial charge in [0.05, 0.1) is 11.2 Å². The highest BCUT2D eigenvalue weighted by atomic mass is 16.5. The molecule has 1 amide bonds. The van der Waals surface area contributed by atoms with E-state index in [1.807, 2.05) is 30.3 Å². The molecular weight excluding hydrogens is 242 g/mol. The Bertz CT molecular complexity index is 744. The second-order valence-corrected chi connectivity index (χ2v) is 4.18. The molecule has 0 fully saturated rings. The van der Waals surface area contributed by atoms with Crippen molar-refractivity contribution in [1.82, 2.24) is 10.1 Å². The number of nitrogens with zero attached hydrogens (tertiary/aromatic N) is 2. The first-order chi connectivity index (χ1) is 9.25. The van der Waals surface area contributed by atoms with Crippen LogP contribution in [-0.4, -0.2) is 16.0 Å². The summed E-state index contributed by atoms with van der Waals surface area (Å²) in [4.78, 5) is 16.4. The molecule has 0 saturated heterocycles. The van der Waals surface area contributed by atoms with Crippen LogP contribution in [0.2, 0.25) is 0 Å². The van der Waals surface area contributed by atoms with Crippen molar-refractivity contribution in [2.45, 2.75) is 6.92 Å². The number of anilines is 1. The Morgan fingerprint density at radius 2 is 2.11 bits per heavy atom. The van der Waals surface area contributed by atoms with Crippen LogP contribution in [0.5, 0.6) is 0 Å². The fraction of sp³-hybridized carbons (Fsp3) is 0.0714. The SMILES string of the molecule is Cc1conc1C(=O)Nc1cccc2cccnc12. The molecule has 94 valence electrons. The molecule has 19 heavy (non-hydrogen) atoms. The summed E-state index contributed by atoms with van der Waals surface area (Å²) in [6, 6.07) is 9.42. The van der Waals surface area contributed by atoms with Gasteiger partial charge in [-0.05, 0) is 19.1 Å². The maximum Gasteiger partial charge on any atom is 0.278 e. The van der Waals surface area contributed by atoms with Gasteiger partial charge in [-0.2, -0.15) is 0 Å². The zero-order valence-electron chi connectivity index (χ0n) is 10.3. The summed E-state index contributed by atoms with van der Waals surface area (Å²) in [5.41, 5.74) is 2.39. The lowest BCUT2D eigenvalue weighted by atomic mass is 10.2. The quantitative estimate of drug-likeness (QED) is 0.762. The van der Waals surface area contributed by atoms with E-state index in [4.69, 9.17) is 4.52 Å². The lowest BCUT2D eigenvalue weighted by Crippen LogP contribution is -2.13. The van der Waals surface area contributed by atoms with Crippen molar-refractivity contribution in [3.05, 3.63) is 54.0 Å². The van der Waals surface area contributed by atoms with E-state index >= 15 is 0 Å². The molecule has 3 aromatic rings. The smallest absolute Gasteiger partial charge is 0.278 e. The number of aryl methyl sites for hydroxylation is 1. The second kappa shape index (κ2) is 4.53. The Kier molecular flexibility index (Phi) is 2.72. The molecule has 0 aliphatic carbocycles. The van der Waals surface area contributed by atoms with Gasteiger partial charge in [0.15, 0.2) is 5.69 Å². The van der Waals surface area contributed by atoms with Gasteiger partial charge in [0.1, 0.15) is 6.26 Å². The van der Waals surface area contributed by atoms with E-state index in [0.29, 0.717) is 11.3 Å². The first-order valence-electron chi connectivity index (χ1n) is 5.82. The zero-order chi connectivity index (χ0) is 13.2. The normalized spacial score (nSPS) is 10.6. The van der Waals surface area contributed by atoms with Crippen molar-refractivity contribution >= 4 is 22.5 Å². The third-order valence-electron chi connectivity index (χ3n) is 2.84. The molecule has 1 aromatic carbocycles. The molecule has 2 heterocycles. The van der Waals surface area contributed by atoms with Gasteiger partial charge < -0.3 is 9.84 Å². The van der Waals surface area contributed by atoms with E-state index < -0.39 is 0 Å². The molecule has 0 saturated carbocycles. The number of rotatable bonds is 2. The Balaban J connectivity index is 1.98. The van der Waals surface area contributed by atoms with Crippen LogP contribution in [0.15, 0.2) is 47.3 Å². The van der Waals surface area contributed by atoms with Gasteiger partial charge >= 0.3 is 0 Å². The van der Waals surface area contributed by atoms with Crippen LogP contribution < -0.4 is 5.32 Å². The van der Waals surface area contributed by atoms with Crippen LogP contribution in [0.1, 0.15) is 16.1 Å². The standard InChI is InChI=1S/C14H11N3O2/c1-9-8-19-17-12(9)14(18)16-11-6-2-4-10-5-3-7-15-13(10)11/h2-8H,1H3,(H,16,18). The van der Waals surface area contributed by atoms with Crippen molar-refractivity contribution in [3.8, 4) is 0 Å². The van der Waals surface area contributed by atoms with Gasteiger partial charge in [-0.25, -0.2) is 0 Å². The summed E-state index contributed by atoms with van der Waals surface area (Å²) in [6.45, 7) is 1.77. The molecule has 0 bridgehead atoms. The summed E-state index contributed by atoms with van der Waals surface area (Å²) in [5.74, 6) is -0.301. The van der Waals surface area contributed by atoms with Crippen molar-refractivity contribution in [3.63, 3.8) is 0 Å². The highest BCUT2D eigenvalue weighted by Gasteiger charge is 2.14. The van der Waals surface area contributed by atoms with Gasteiger partial charge in [-0.3, -0.25) is 9.78 Å². The summed E-state index contributed by atoms with van der Waals surface area (Å²) < 4.78 is 4.77. The average Bonchev–Trinajstić information content (AvgIpc) is 2.85. The van der Waals surface area contributed by atoms with E-state index in [2.05, 4.69) is 15.5 Å². The number of hydrogen-bond donors (Lipinski definition) is 1. The van der Waals surface area contributed by atoms with Crippen molar-refractivity contribution in [2.24, 2.45) is 0 Å². The molecule has 0 radical (unpaired) electrons. The number of hydrogen-bond acceptors (Lipinski definition) is 4. The van der Waals surface area contributed by atoms with Gasteiger partial charge in [0.2, 0.25) is 0 Å². The molecule has 3 rings (SSSR count). The molecule has 0 spiro atoms. The molecular formula is C14H11N3O2. The van der Waals surface area contributed by atoms with Gasteiger partial charge in [-0.15, -0.1) is 0 Å². The van der Waals surface area contributed by atoms with Crippen LogP contribution in [0.4, 0.5) is 5.69 Å². The number of fused-ring (bicyclic) bond motifs is 1. The number of carbonyl (C=O) groups excluding carboxylic acids is 1. The first kappa shape index (κ1) is 11.4. The minimum absolute atomic E-state index is 0.285.